The van der Waals surface area contributed by atoms with Crippen LogP contribution in [0.2, 0.25) is 0 Å². The van der Waals surface area contributed by atoms with Gasteiger partial charge in [-0.2, -0.15) is 0 Å². The van der Waals surface area contributed by atoms with Crippen LogP contribution in [0.15, 0.2) is 122 Å². The molecule has 0 amide bonds. The Hall–Kier alpha value is -4.19. The Kier molecular flexibility index (Phi) is 46.1. The van der Waals surface area contributed by atoms with Crippen molar-refractivity contribution >= 4 is 17.9 Å². The van der Waals surface area contributed by atoms with E-state index in [0.717, 1.165) is 109 Å². The van der Waals surface area contributed by atoms with Gasteiger partial charge in [-0.15, -0.1) is 0 Å². The largest absolute Gasteiger partial charge is 0.462 e. The summed E-state index contributed by atoms with van der Waals surface area (Å²) < 4.78 is 16.7. The minimum Gasteiger partial charge on any atom is -0.462 e. The summed E-state index contributed by atoms with van der Waals surface area (Å²) in [4.78, 5) is 37.9. The van der Waals surface area contributed by atoms with Gasteiger partial charge in [-0.05, 0) is 89.9 Å². The molecule has 0 N–H and O–H groups in total. The van der Waals surface area contributed by atoms with Crippen LogP contribution in [0.4, 0.5) is 0 Å². The van der Waals surface area contributed by atoms with E-state index in [2.05, 4.69) is 106 Å². The highest BCUT2D eigenvalue weighted by atomic mass is 16.6. The zero-order valence-corrected chi connectivity index (χ0v) is 39.6. The third-order valence-electron chi connectivity index (χ3n) is 9.81. The van der Waals surface area contributed by atoms with Gasteiger partial charge >= 0.3 is 17.9 Å². The van der Waals surface area contributed by atoms with Crippen molar-refractivity contribution in [2.75, 3.05) is 13.2 Å². The van der Waals surface area contributed by atoms with Crippen LogP contribution in [0.3, 0.4) is 0 Å². The number of allylic oxidation sites excluding steroid dienone is 20. The van der Waals surface area contributed by atoms with Crippen LogP contribution in [-0.2, 0) is 28.6 Å². The van der Waals surface area contributed by atoms with Gasteiger partial charge in [0.2, 0.25) is 0 Å². The van der Waals surface area contributed by atoms with E-state index >= 15 is 0 Å². The van der Waals surface area contributed by atoms with Crippen LogP contribution >= 0.6 is 0 Å². The lowest BCUT2D eigenvalue weighted by atomic mass is 10.1. The second kappa shape index (κ2) is 49.5. The SMILES string of the molecule is CC/C=C\C/C=C\C/C=C\CCCC(=O)OCC(COC(=O)CCCCCCC\C=C/C=C\C=C/C=C\C=C/CCC)OC(=O)CCCCCCCC/C=C\C=C/CCCCC. The summed E-state index contributed by atoms with van der Waals surface area (Å²) in [6.07, 6.45) is 67.5. The summed E-state index contributed by atoms with van der Waals surface area (Å²) in [5.41, 5.74) is 0. The molecular weight excluding hydrogens is 769 g/mol. The average molecular weight is 857 g/mol. The first-order valence-corrected chi connectivity index (χ1v) is 24.6. The molecule has 0 saturated heterocycles. The van der Waals surface area contributed by atoms with Crippen LogP contribution in [0.25, 0.3) is 0 Å². The summed E-state index contributed by atoms with van der Waals surface area (Å²) >= 11 is 0. The molecule has 6 nitrogen and oxygen atoms in total. The molecular formula is C56H88O6. The Bertz CT molecular complexity index is 1350. The van der Waals surface area contributed by atoms with E-state index in [1.54, 1.807) is 0 Å². The highest BCUT2D eigenvalue weighted by Crippen LogP contribution is 2.12. The second-order valence-corrected chi connectivity index (χ2v) is 15.8. The Morgan fingerprint density at radius 3 is 1.26 bits per heavy atom. The highest BCUT2D eigenvalue weighted by Gasteiger charge is 2.19. The molecule has 1 atom stereocenters. The molecule has 0 aromatic heterocycles. The summed E-state index contributed by atoms with van der Waals surface area (Å²) in [6, 6.07) is 0. The van der Waals surface area contributed by atoms with E-state index in [0.29, 0.717) is 19.3 Å². The first-order valence-electron chi connectivity index (χ1n) is 24.6. The van der Waals surface area contributed by atoms with Crippen LogP contribution in [0, 0.1) is 0 Å². The lowest BCUT2D eigenvalue weighted by molar-refractivity contribution is -0.167. The summed E-state index contributed by atoms with van der Waals surface area (Å²) in [5, 5.41) is 0. The summed E-state index contributed by atoms with van der Waals surface area (Å²) in [5.74, 6) is -1.02. The van der Waals surface area contributed by atoms with Crippen molar-refractivity contribution in [3.05, 3.63) is 122 Å². The highest BCUT2D eigenvalue weighted by molar-refractivity contribution is 5.71. The maximum Gasteiger partial charge on any atom is 0.306 e. The normalized spacial score (nSPS) is 13.1. The Morgan fingerprint density at radius 1 is 0.355 bits per heavy atom. The number of hydrogen-bond donors (Lipinski definition) is 0. The van der Waals surface area contributed by atoms with Gasteiger partial charge in [0.15, 0.2) is 6.10 Å². The van der Waals surface area contributed by atoms with Gasteiger partial charge in [0.25, 0.3) is 0 Å². The molecule has 0 rings (SSSR count). The van der Waals surface area contributed by atoms with Gasteiger partial charge < -0.3 is 14.2 Å². The molecule has 348 valence electrons. The smallest absolute Gasteiger partial charge is 0.306 e. The first-order chi connectivity index (χ1) is 30.5. The minimum absolute atomic E-state index is 0.116. The topological polar surface area (TPSA) is 78.9 Å². The standard InChI is InChI=1S/C56H88O6/c1-4-7-10-13-16-19-22-24-26-27-28-30-31-34-37-40-43-46-49-55(58)61-52-53(51-60-54(57)48-45-42-39-36-33-21-18-15-12-9-6-3)62-56(59)50-47-44-41-38-35-32-29-25-23-20-17-14-11-8-5-2/h9-10,12-13,16-28,30,36,39,53H,4-8,11,14-15,29,31-35,37-38,40-52H2,1-3H3/b12-9-,13-10-,19-16-,20-17-,21-18-,24-22-,25-23-,27-26-,30-28-,39-36-. The summed E-state index contributed by atoms with van der Waals surface area (Å²) in [6.45, 7) is 6.29. The zero-order valence-electron chi connectivity index (χ0n) is 39.6. The maximum atomic E-state index is 12.8. The predicted octanol–water partition coefficient (Wildman–Crippen LogP) is 16.1. The van der Waals surface area contributed by atoms with Gasteiger partial charge in [0.05, 0.1) is 0 Å². The fourth-order valence-electron chi connectivity index (χ4n) is 6.13. The first kappa shape index (κ1) is 57.8. The van der Waals surface area contributed by atoms with E-state index in [-0.39, 0.29) is 37.5 Å². The van der Waals surface area contributed by atoms with Gasteiger partial charge in [0, 0.05) is 19.3 Å². The minimum atomic E-state index is -0.818. The number of rotatable bonds is 42. The number of unbranched alkanes of at least 4 members (excludes halogenated alkanes) is 16. The number of esters is 3. The van der Waals surface area contributed by atoms with Crippen molar-refractivity contribution in [2.45, 2.75) is 200 Å². The average Bonchev–Trinajstić information content (AvgIpc) is 3.27. The molecule has 0 aliphatic carbocycles. The van der Waals surface area contributed by atoms with E-state index in [1.807, 2.05) is 36.5 Å². The van der Waals surface area contributed by atoms with E-state index in [4.69, 9.17) is 14.2 Å². The molecule has 0 fully saturated rings. The molecule has 0 bridgehead atoms. The molecule has 0 radical (unpaired) electrons. The van der Waals surface area contributed by atoms with Crippen molar-refractivity contribution in [2.24, 2.45) is 0 Å². The molecule has 0 aromatic rings. The molecule has 0 aliphatic rings. The number of ether oxygens (including phenoxy) is 3. The molecule has 6 heteroatoms. The van der Waals surface area contributed by atoms with E-state index < -0.39 is 6.10 Å². The molecule has 0 saturated carbocycles. The van der Waals surface area contributed by atoms with Crippen LogP contribution in [0.1, 0.15) is 194 Å². The molecule has 0 aliphatic heterocycles. The van der Waals surface area contributed by atoms with Crippen LogP contribution in [-0.4, -0.2) is 37.2 Å². The zero-order chi connectivity index (χ0) is 45.1. The third kappa shape index (κ3) is 46.9. The van der Waals surface area contributed by atoms with Crippen molar-refractivity contribution < 1.29 is 28.6 Å². The lowest BCUT2D eigenvalue weighted by Crippen LogP contribution is -2.30. The number of carbonyl (C=O) groups is 3. The predicted molar refractivity (Wildman–Crippen MR) is 265 cm³/mol. The second-order valence-electron chi connectivity index (χ2n) is 15.8. The summed E-state index contributed by atoms with van der Waals surface area (Å²) in [7, 11) is 0. The van der Waals surface area contributed by atoms with E-state index in [9.17, 15) is 14.4 Å². The van der Waals surface area contributed by atoms with E-state index in [1.165, 1.54) is 38.5 Å². The third-order valence-corrected chi connectivity index (χ3v) is 9.81. The number of hydrogen-bond acceptors (Lipinski definition) is 6. The van der Waals surface area contributed by atoms with Crippen molar-refractivity contribution in [1.82, 2.24) is 0 Å². The van der Waals surface area contributed by atoms with Crippen molar-refractivity contribution in [3.8, 4) is 0 Å². The maximum absolute atomic E-state index is 12.8. The Labute approximate surface area is 380 Å². The fourth-order valence-corrected chi connectivity index (χ4v) is 6.13. The Morgan fingerprint density at radius 2 is 0.742 bits per heavy atom. The fraction of sp³-hybridized carbons (Fsp3) is 0.589. The van der Waals surface area contributed by atoms with Gasteiger partial charge in [-0.1, -0.05) is 206 Å². The van der Waals surface area contributed by atoms with Crippen molar-refractivity contribution in [1.29, 1.82) is 0 Å². The van der Waals surface area contributed by atoms with Gasteiger partial charge in [0.1, 0.15) is 13.2 Å². The molecule has 0 spiro atoms. The molecule has 62 heavy (non-hydrogen) atoms. The molecule has 1 unspecified atom stereocenters. The quantitative estimate of drug-likeness (QED) is 0.0200. The lowest BCUT2D eigenvalue weighted by Gasteiger charge is -2.18. The van der Waals surface area contributed by atoms with Crippen LogP contribution in [0.5, 0.6) is 0 Å². The Balaban J connectivity index is 4.52. The molecule has 0 aromatic carbocycles. The number of carbonyl (C=O) groups excluding carboxylic acids is 3. The van der Waals surface area contributed by atoms with Crippen molar-refractivity contribution in [3.63, 3.8) is 0 Å². The van der Waals surface area contributed by atoms with Crippen LogP contribution < -0.4 is 0 Å². The van der Waals surface area contributed by atoms with Gasteiger partial charge in [-0.3, -0.25) is 14.4 Å². The molecule has 0 heterocycles. The van der Waals surface area contributed by atoms with Gasteiger partial charge in [-0.25, -0.2) is 0 Å². The monoisotopic (exact) mass is 857 g/mol.